The molecule has 0 heterocycles. The normalized spacial score (nSPS) is 10.6. The summed E-state index contributed by atoms with van der Waals surface area (Å²) in [6.45, 7) is 0. The first-order valence-corrected chi connectivity index (χ1v) is 6.91. The maximum atomic E-state index is 11.7. The lowest BCUT2D eigenvalue weighted by atomic mass is 10.1. The van der Waals surface area contributed by atoms with E-state index in [4.69, 9.17) is 0 Å². The van der Waals surface area contributed by atoms with Crippen molar-refractivity contribution in [2.75, 3.05) is 5.32 Å². The van der Waals surface area contributed by atoms with E-state index in [9.17, 15) is 4.79 Å². The van der Waals surface area contributed by atoms with E-state index in [0.717, 1.165) is 18.5 Å². The molecular weight excluding hydrogens is 246 g/mol. The first kappa shape index (κ1) is 14.1. The Morgan fingerprint density at radius 3 is 2.30 bits per heavy atom. The van der Waals surface area contributed by atoms with E-state index in [-0.39, 0.29) is 5.91 Å². The van der Waals surface area contributed by atoms with E-state index >= 15 is 0 Å². The van der Waals surface area contributed by atoms with Crippen LogP contribution in [0.2, 0.25) is 0 Å². The van der Waals surface area contributed by atoms with Gasteiger partial charge in [0, 0.05) is 12.1 Å². The summed E-state index contributed by atoms with van der Waals surface area (Å²) < 4.78 is 0. The van der Waals surface area contributed by atoms with Crippen LogP contribution in [0.4, 0.5) is 5.69 Å². The van der Waals surface area contributed by atoms with Gasteiger partial charge in [-0.1, -0.05) is 60.7 Å². The second kappa shape index (κ2) is 7.95. The zero-order valence-corrected chi connectivity index (χ0v) is 11.5. The first-order valence-electron chi connectivity index (χ1n) is 6.91. The van der Waals surface area contributed by atoms with Crippen molar-refractivity contribution in [3.8, 4) is 0 Å². The van der Waals surface area contributed by atoms with Gasteiger partial charge >= 0.3 is 0 Å². The highest BCUT2D eigenvalue weighted by atomic mass is 16.1. The molecule has 20 heavy (non-hydrogen) atoms. The largest absolute Gasteiger partial charge is 0.326 e. The average Bonchev–Trinajstić information content (AvgIpc) is 2.49. The molecule has 0 spiro atoms. The molecule has 2 aromatic rings. The van der Waals surface area contributed by atoms with Gasteiger partial charge in [-0.15, -0.1) is 0 Å². The topological polar surface area (TPSA) is 29.1 Å². The summed E-state index contributed by atoms with van der Waals surface area (Å²) in [5, 5.41) is 2.89. The zero-order valence-electron chi connectivity index (χ0n) is 11.5. The highest BCUT2D eigenvalue weighted by molar-refractivity contribution is 5.90. The van der Waals surface area contributed by atoms with Gasteiger partial charge in [-0.25, -0.2) is 0 Å². The predicted molar refractivity (Wildman–Crippen MR) is 84.4 cm³/mol. The molecule has 0 saturated heterocycles. The van der Waals surface area contributed by atoms with E-state index < -0.39 is 0 Å². The zero-order chi connectivity index (χ0) is 14.0. The molecule has 0 fully saturated rings. The van der Waals surface area contributed by atoms with Crippen LogP contribution in [0.15, 0.2) is 66.7 Å². The third-order valence-electron chi connectivity index (χ3n) is 2.94. The third-order valence-corrected chi connectivity index (χ3v) is 2.94. The van der Waals surface area contributed by atoms with Gasteiger partial charge in [0.25, 0.3) is 0 Å². The molecular formula is C18H19NO. The molecule has 0 radical (unpaired) electrons. The third kappa shape index (κ3) is 5.11. The molecule has 1 N–H and O–H groups in total. The number of carbonyl (C=O) groups is 1. The molecule has 1 amide bonds. The summed E-state index contributed by atoms with van der Waals surface area (Å²) in [5.74, 6) is 0.0734. The Morgan fingerprint density at radius 1 is 0.950 bits per heavy atom. The molecule has 102 valence electrons. The van der Waals surface area contributed by atoms with Crippen molar-refractivity contribution in [1.82, 2.24) is 0 Å². The molecule has 0 bridgehead atoms. The van der Waals surface area contributed by atoms with Crippen LogP contribution < -0.4 is 5.32 Å². The molecule has 2 aromatic carbocycles. The lowest BCUT2D eigenvalue weighted by Crippen LogP contribution is -2.10. The van der Waals surface area contributed by atoms with Crippen LogP contribution in [0.25, 0.3) is 6.08 Å². The van der Waals surface area contributed by atoms with Gasteiger partial charge in [-0.3, -0.25) is 4.79 Å². The SMILES string of the molecule is O=C(CCC/C=C/c1ccccc1)Nc1ccccc1. The van der Waals surface area contributed by atoms with Crippen molar-refractivity contribution in [1.29, 1.82) is 0 Å². The minimum absolute atomic E-state index is 0.0734. The van der Waals surface area contributed by atoms with Crippen LogP contribution in [-0.2, 0) is 4.79 Å². The van der Waals surface area contributed by atoms with Gasteiger partial charge in [0.2, 0.25) is 5.91 Å². The Kier molecular flexibility index (Phi) is 5.59. The molecule has 2 rings (SSSR count). The first-order chi connectivity index (χ1) is 9.84. The Bertz CT molecular complexity index is 546. The number of unbranched alkanes of at least 4 members (excludes halogenated alkanes) is 1. The fourth-order valence-electron chi connectivity index (χ4n) is 1.91. The number of carbonyl (C=O) groups excluding carboxylic acids is 1. The molecule has 0 aromatic heterocycles. The van der Waals surface area contributed by atoms with E-state index in [1.807, 2.05) is 48.5 Å². The molecule has 0 aliphatic heterocycles. The number of rotatable bonds is 6. The van der Waals surface area contributed by atoms with E-state index in [1.54, 1.807) is 0 Å². The fourth-order valence-corrected chi connectivity index (χ4v) is 1.91. The lowest BCUT2D eigenvalue weighted by Gasteiger charge is -2.03. The highest BCUT2D eigenvalue weighted by Crippen LogP contribution is 2.08. The van der Waals surface area contributed by atoms with Crippen molar-refractivity contribution in [3.63, 3.8) is 0 Å². The Balaban J connectivity index is 1.66. The van der Waals surface area contributed by atoms with Crippen molar-refractivity contribution in [2.45, 2.75) is 19.3 Å². The Morgan fingerprint density at radius 2 is 1.60 bits per heavy atom. The van der Waals surface area contributed by atoms with Crippen LogP contribution in [-0.4, -0.2) is 5.91 Å². The van der Waals surface area contributed by atoms with Gasteiger partial charge in [-0.2, -0.15) is 0 Å². The quantitative estimate of drug-likeness (QED) is 0.765. The Labute approximate surface area is 120 Å². The minimum Gasteiger partial charge on any atom is -0.326 e. The van der Waals surface area contributed by atoms with Gasteiger partial charge < -0.3 is 5.32 Å². The summed E-state index contributed by atoms with van der Waals surface area (Å²) >= 11 is 0. The van der Waals surface area contributed by atoms with Crippen molar-refractivity contribution in [3.05, 3.63) is 72.3 Å². The number of hydrogen-bond acceptors (Lipinski definition) is 1. The van der Waals surface area contributed by atoms with Crippen molar-refractivity contribution in [2.24, 2.45) is 0 Å². The van der Waals surface area contributed by atoms with E-state index in [1.165, 1.54) is 5.56 Å². The maximum absolute atomic E-state index is 11.7. The van der Waals surface area contributed by atoms with Crippen molar-refractivity contribution < 1.29 is 4.79 Å². The molecule has 0 atom stereocenters. The number of nitrogens with one attached hydrogen (secondary N) is 1. The van der Waals surface area contributed by atoms with Crippen LogP contribution in [0.5, 0.6) is 0 Å². The monoisotopic (exact) mass is 265 g/mol. The highest BCUT2D eigenvalue weighted by Gasteiger charge is 2.00. The summed E-state index contributed by atoms with van der Waals surface area (Å²) in [6.07, 6.45) is 6.54. The molecule has 0 aliphatic rings. The number of hydrogen-bond donors (Lipinski definition) is 1. The second-order valence-corrected chi connectivity index (χ2v) is 4.62. The smallest absolute Gasteiger partial charge is 0.224 e. The van der Waals surface area contributed by atoms with Gasteiger partial charge in [-0.05, 0) is 30.5 Å². The van der Waals surface area contributed by atoms with Gasteiger partial charge in [0.15, 0.2) is 0 Å². The minimum atomic E-state index is 0.0734. The fraction of sp³-hybridized carbons (Fsp3) is 0.167. The number of allylic oxidation sites excluding steroid dienone is 1. The number of benzene rings is 2. The maximum Gasteiger partial charge on any atom is 0.224 e. The summed E-state index contributed by atoms with van der Waals surface area (Å²) in [4.78, 5) is 11.7. The number of para-hydroxylation sites is 1. The summed E-state index contributed by atoms with van der Waals surface area (Å²) in [7, 11) is 0. The van der Waals surface area contributed by atoms with E-state index in [2.05, 4.69) is 29.6 Å². The standard InChI is InChI=1S/C18H19NO/c20-18(19-17-13-7-3-8-14-17)15-9-2-6-12-16-10-4-1-5-11-16/h1,3-8,10-14H,2,9,15H2,(H,19,20)/b12-6+. The average molecular weight is 265 g/mol. The van der Waals surface area contributed by atoms with Gasteiger partial charge in [0.05, 0.1) is 0 Å². The van der Waals surface area contributed by atoms with Crippen LogP contribution in [0, 0.1) is 0 Å². The molecule has 0 unspecified atom stereocenters. The van der Waals surface area contributed by atoms with Crippen molar-refractivity contribution >= 4 is 17.7 Å². The lowest BCUT2D eigenvalue weighted by molar-refractivity contribution is -0.116. The summed E-state index contributed by atoms with van der Waals surface area (Å²) in [5.41, 5.74) is 2.05. The molecule has 2 heteroatoms. The summed E-state index contributed by atoms with van der Waals surface area (Å²) in [6, 6.07) is 19.7. The molecule has 2 nitrogen and oxygen atoms in total. The Hall–Kier alpha value is -2.35. The van der Waals surface area contributed by atoms with Crippen LogP contribution in [0.3, 0.4) is 0 Å². The molecule has 0 saturated carbocycles. The number of anilines is 1. The molecule has 0 aliphatic carbocycles. The van der Waals surface area contributed by atoms with E-state index in [0.29, 0.717) is 6.42 Å². The second-order valence-electron chi connectivity index (χ2n) is 4.62. The van der Waals surface area contributed by atoms with Gasteiger partial charge in [0.1, 0.15) is 0 Å². The predicted octanol–water partition coefficient (Wildman–Crippen LogP) is 4.51. The number of amides is 1. The van der Waals surface area contributed by atoms with Crippen LogP contribution in [0.1, 0.15) is 24.8 Å². The van der Waals surface area contributed by atoms with Crippen LogP contribution >= 0.6 is 0 Å².